The molecule has 0 atom stereocenters. The van der Waals surface area contributed by atoms with Crippen LogP contribution >= 0.6 is 23.5 Å². The minimum Gasteiger partial charge on any atom is -0.285 e. The second-order valence-corrected chi connectivity index (χ2v) is 12.2. The van der Waals surface area contributed by atoms with E-state index in [0.29, 0.717) is 56.7 Å². The molecule has 4 aromatic carbocycles. The van der Waals surface area contributed by atoms with E-state index in [1.54, 1.807) is 9.13 Å². The summed E-state index contributed by atoms with van der Waals surface area (Å²) in [6.45, 7) is 4.74. The molecule has 0 bridgehead atoms. The average Bonchev–Trinajstić information content (AvgIpc) is 3.00. The van der Waals surface area contributed by atoms with Crippen molar-refractivity contribution in [2.75, 3.05) is 0 Å². The van der Waals surface area contributed by atoms with Crippen LogP contribution in [0.3, 0.4) is 0 Å². The molecule has 42 heavy (non-hydrogen) atoms. The zero-order valence-electron chi connectivity index (χ0n) is 23.5. The van der Waals surface area contributed by atoms with Crippen LogP contribution < -0.4 is 11.1 Å². The van der Waals surface area contributed by atoms with Crippen LogP contribution in [0.4, 0.5) is 0 Å². The third-order valence-electron chi connectivity index (χ3n) is 7.10. The first-order valence-electron chi connectivity index (χ1n) is 13.8. The highest BCUT2D eigenvalue weighted by molar-refractivity contribution is 7.98. The molecule has 0 fully saturated rings. The van der Waals surface area contributed by atoms with Crippen molar-refractivity contribution < 1.29 is 0 Å². The Bertz CT molecular complexity index is 1890. The second kappa shape index (κ2) is 12.4. The van der Waals surface area contributed by atoms with Crippen LogP contribution in [-0.4, -0.2) is 19.1 Å². The Hall–Kier alpha value is -4.14. The number of thioether (sulfide) groups is 2. The van der Waals surface area contributed by atoms with E-state index in [9.17, 15) is 9.59 Å². The molecule has 0 amide bonds. The third-order valence-corrected chi connectivity index (χ3v) is 9.20. The van der Waals surface area contributed by atoms with Gasteiger partial charge in [-0.25, -0.2) is 9.97 Å². The lowest BCUT2D eigenvalue weighted by molar-refractivity contribution is 0.486. The molecule has 0 radical (unpaired) electrons. The molecule has 0 unspecified atom stereocenters. The Labute approximate surface area is 252 Å². The number of aryl methyl sites for hydroxylation is 2. The van der Waals surface area contributed by atoms with Gasteiger partial charge in [0, 0.05) is 24.6 Å². The highest BCUT2D eigenvalue weighted by Crippen LogP contribution is 2.25. The minimum absolute atomic E-state index is 0.108. The fraction of sp³-hybridized carbons (Fsp3) is 0.176. The molecule has 0 saturated carbocycles. The summed E-state index contributed by atoms with van der Waals surface area (Å²) in [6, 6.07) is 31.6. The summed E-state index contributed by atoms with van der Waals surface area (Å²) >= 11 is 3.07. The van der Waals surface area contributed by atoms with E-state index in [-0.39, 0.29) is 11.1 Å². The van der Waals surface area contributed by atoms with Crippen LogP contribution in [0.2, 0.25) is 0 Å². The minimum atomic E-state index is -0.108. The fourth-order valence-electron chi connectivity index (χ4n) is 5.01. The number of hydrogen-bond acceptors (Lipinski definition) is 6. The summed E-state index contributed by atoms with van der Waals surface area (Å²) in [5.41, 5.74) is 5.84. The van der Waals surface area contributed by atoms with Crippen molar-refractivity contribution in [3.05, 3.63) is 140 Å². The van der Waals surface area contributed by atoms with Crippen LogP contribution in [0, 0.1) is 13.8 Å². The van der Waals surface area contributed by atoms with Crippen LogP contribution in [-0.2, 0) is 24.6 Å². The van der Waals surface area contributed by atoms with Gasteiger partial charge in [0.15, 0.2) is 10.3 Å². The maximum absolute atomic E-state index is 13.8. The van der Waals surface area contributed by atoms with Gasteiger partial charge in [0.25, 0.3) is 11.1 Å². The third kappa shape index (κ3) is 6.05. The van der Waals surface area contributed by atoms with Crippen molar-refractivity contribution in [2.24, 2.45) is 0 Å². The van der Waals surface area contributed by atoms with Gasteiger partial charge in [-0.15, -0.1) is 0 Å². The van der Waals surface area contributed by atoms with E-state index >= 15 is 0 Å². The lowest BCUT2D eigenvalue weighted by Crippen LogP contribution is -2.30. The number of rotatable bonds is 9. The lowest BCUT2D eigenvalue weighted by Gasteiger charge is -2.16. The Morgan fingerprint density at radius 2 is 1.00 bits per heavy atom. The van der Waals surface area contributed by atoms with Crippen LogP contribution in [0.15, 0.2) is 117 Å². The van der Waals surface area contributed by atoms with E-state index in [1.165, 1.54) is 45.8 Å². The van der Waals surface area contributed by atoms with Gasteiger partial charge >= 0.3 is 0 Å². The molecule has 2 heterocycles. The second-order valence-electron chi connectivity index (χ2n) is 10.3. The Morgan fingerprint density at radius 3 is 1.43 bits per heavy atom. The van der Waals surface area contributed by atoms with Gasteiger partial charge in [-0.2, -0.15) is 0 Å². The SMILES string of the molecule is Cc1cccc(CSc2nc3ccccc3c(=O)n2CCn2c(SCc3cccc(C)c3)nc3ccccc3c2=O)c1. The zero-order valence-corrected chi connectivity index (χ0v) is 25.1. The number of benzene rings is 4. The molecule has 0 aliphatic rings. The maximum atomic E-state index is 13.8. The first-order chi connectivity index (χ1) is 20.5. The molecule has 0 aliphatic carbocycles. The molecule has 6 rings (SSSR count). The number of hydrogen-bond donors (Lipinski definition) is 0. The van der Waals surface area contributed by atoms with Crippen LogP contribution in [0.25, 0.3) is 21.8 Å². The number of fused-ring (bicyclic) bond motifs is 2. The quantitative estimate of drug-likeness (QED) is 0.133. The Kier molecular flexibility index (Phi) is 8.26. The number of nitrogens with zero attached hydrogens (tertiary/aromatic N) is 4. The predicted octanol–water partition coefficient (Wildman–Crippen LogP) is 7.01. The van der Waals surface area contributed by atoms with Gasteiger partial charge in [-0.3, -0.25) is 18.7 Å². The molecule has 210 valence electrons. The van der Waals surface area contributed by atoms with E-state index in [2.05, 4.69) is 50.2 Å². The van der Waals surface area contributed by atoms with Gasteiger partial charge in [0.05, 0.1) is 21.8 Å². The molecule has 0 N–H and O–H groups in total. The summed E-state index contributed by atoms with van der Waals surface area (Å²) in [5.74, 6) is 1.36. The number of para-hydroxylation sites is 2. The first kappa shape index (κ1) is 28.0. The Balaban J connectivity index is 1.36. The van der Waals surface area contributed by atoms with Crippen molar-refractivity contribution in [1.82, 2.24) is 19.1 Å². The molecule has 0 saturated heterocycles. The van der Waals surface area contributed by atoms with Crippen LogP contribution in [0.1, 0.15) is 22.3 Å². The maximum Gasteiger partial charge on any atom is 0.262 e. The smallest absolute Gasteiger partial charge is 0.262 e. The zero-order chi connectivity index (χ0) is 29.1. The standard InChI is InChI=1S/C34H30N4O2S2/c1-23-9-7-11-25(19-23)21-41-33-35-29-15-5-3-13-27(29)31(39)37(33)17-18-38-32(40)28-14-4-6-16-30(28)36-34(38)42-22-26-12-8-10-24(2)20-26/h3-16,19-20H,17-18,21-22H2,1-2H3. The molecule has 6 aromatic rings. The Morgan fingerprint density at radius 1 is 0.571 bits per heavy atom. The summed E-state index contributed by atoms with van der Waals surface area (Å²) in [5, 5.41) is 2.40. The van der Waals surface area contributed by atoms with Crippen molar-refractivity contribution in [2.45, 2.75) is 48.8 Å². The largest absolute Gasteiger partial charge is 0.285 e. The molecule has 2 aromatic heterocycles. The van der Waals surface area contributed by atoms with E-state index in [4.69, 9.17) is 9.97 Å². The first-order valence-corrected chi connectivity index (χ1v) is 15.8. The van der Waals surface area contributed by atoms with Crippen LogP contribution in [0.5, 0.6) is 0 Å². The topological polar surface area (TPSA) is 69.8 Å². The van der Waals surface area contributed by atoms with Crippen molar-refractivity contribution in [3.8, 4) is 0 Å². The summed E-state index contributed by atoms with van der Waals surface area (Å²) in [7, 11) is 0. The summed E-state index contributed by atoms with van der Waals surface area (Å²) in [4.78, 5) is 37.3. The van der Waals surface area contributed by atoms with Gasteiger partial charge in [-0.05, 0) is 49.2 Å². The highest BCUT2D eigenvalue weighted by atomic mass is 32.2. The summed E-state index contributed by atoms with van der Waals surface area (Å²) in [6.07, 6.45) is 0. The van der Waals surface area contributed by atoms with E-state index < -0.39 is 0 Å². The van der Waals surface area contributed by atoms with E-state index in [1.807, 2.05) is 60.7 Å². The summed E-state index contributed by atoms with van der Waals surface area (Å²) < 4.78 is 3.42. The van der Waals surface area contributed by atoms with Gasteiger partial charge < -0.3 is 0 Å². The van der Waals surface area contributed by atoms with Crippen molar-refractivity contribution in [1.29, 1.82) is 0 Å². The lowest BCUT2D eigenvalue weighted by atomic mass is 10.2. The van der Waals surface area contributed by atoms with Gasteiger partial charge in [0.2, 0.25) is 0 Å². The van der Waals surface area contributed by atoms with Gasteiger partial charge in [-0.1, -0.05) is 107 Å². The monoisotopic (exact) mass is 590 g/mol. The van der Waals surface area contributed by atoms with E-state index in [0.717, 1.165) is 0 Å². The molecule has 8 heteroatoms. The molecule has 0 spiro atoms. The number of aromatic nitrogens is 4. The average molecular weight is 591 g/mol. The molecular formula is C34H30N4O2S2. The highest BCUT2D eigenvalue weighted by Gasteiger charge is 2.16. The fourth-order valence-corrected chi connectivity index (χ4v) is 6.95. The van der Waals surface area contributed by atoms with Gasteiger partial charge in [0.1, 0.15) is 0 Å². The molecular weight excluding hydrogens is 561 g/mol. The molecule has 0 aliphatic heterocycles. The normalized spacial score (nSPS) is 11.4. The van der Waals surface area contributed by atoms with Crippen molar-refractivity contribution >= 4 is 45.3 Å². The predicted molar refractivity (Wildman–Crippen MR) is 173 cm³/mol. The van der Waals surface area contributed by atoms with Crippen molar-refractivity contribution in [3.63, 3.8) is 0 Å². The molecule has 6 nitrogen and oxygen atoms in total.